The quantitative estimate of drug-likeness (QED) is 0.795. The van der Waals surface area contributed by atoms with E-state index in [0.29, 0.717) is 10.3 Å². The largest absolute Gasteiger partial charge is 0.309 e. The van der Waals surface area contributed by atoms with Crippen molar-refractivity contribution >= 4 is 11.8 Å². The highest BCUT2D eigenvalue weighted by molar-refractivity contribution is 8.00. The summed E-state index contributed by atoms with van der Waals surface area (Å²) in [6, 6.07) is 0. The molecule has 2 rings (SSSR count). The normalized spacial score (nSPS) is 29.8. The van der Waals surface area contributed by atoms with E-state index in [1.54, 1.807) is 0 Å². The van der Waals surface area contributed by atoms with E-state index >= 15 is 0 Å². The topological polar surface area (TPSA) is 15.3 Å². The molecule has 1 saturated carbocycles. The van der Waals surface area contributed by atoms with Crippen LogP contribution in [0.2, 0.25) is 0 Å². The number of hydrogen-bond donors (Lipinski definition) is 1. The van der Waals surface area contributed by atoms with Crippen LogP contribution in [0.4, 0.5) is 0 Å². The third-order valence-corrected chi connectivity index (χ3v) is 5.26. The smallest absolute Gasteiger partial charge is 0.0284 e. The van der Waals surface area contributed by atoms with E-state index in [2.05, 4.69) is 42.1 Å². The summed E-state index contributed by atoms with van der Waals surface area (Å²) in [5.41, 5.74) is 0.307. The Balaban J connectivity index is 1.88. The van der Waals surface area contributed by atoms with Gasteiger partial charge in [-0.2, -0.15) is 11.8 Å². The van der Waals surface area contributed by atoms with Gasteiger partial charge < -0.3 is 5.32 Å². The zero-order chi connectivity index (χ0) is 10.9. The predicted octanol–water partition coefficient (Wildman–Crippen LogP) is 1.96. The molecule has 0 spiro atoms. The van der Waals surface area contributed by atoms with E-state index in [0.717, 1.165) is 6.54 Å². The Morgan fingerprint density at radius 2 is 2.07 bits per heavy atom. The number of nitrogens with zero attached hydrogens (tertiary/aromatic N) is 1. The minimum absolute atomic E-state index is 0.307. The van der Waals surface area contributed by atoms with Crippen LogP contribution < -0.4 is 5.32 Å². The Morgan fingerprint density at radius 1 is 1.33 bits per heavy atom. The van der Waals surface area contributed by atoms with Gasteiger partial charge in [-0.3, -0.25) is 4.90 Å². The van der Waals surface area contributed by atoms with Gasteiger partial charge >= 0.3 is 0 Å². The first kappa shape index (κ1) is 11.7. The highest BCUT2D eigenvalue weighted by Crippen LogP contribution is 2.43. The van der Waals surface area contributed by atoms with Gasteiger partial charge in [0.25, 0.3) is 0 Å². The van der Waals surface area contributed by atoms with E-state index in [1.165, 1.54) is 38.9 Å². The fourth-order valence-corrected chi connectivity index (χ4v) is 3.80. The van der Waals surface area contributed by atoms with Crippen molar-refractivity contribution in [3.8, 4) is 0 Å². The van der Waals surface area contributed by atoms with Gasteiger partial charge in [0, 0.05) is 36.5 Å². The molecule has 0 aromatic heterocycles. The first-order valence-electron chi connectivity index (χ1n) is 6.08. The molecule has 1 heterocycles. The van der Waals surface area contributed by atoms with Gasteiger partial charge in [0.1, 0.15) is 0 Å². The molecule has 0 atom stereocenters. The van der Waals surface area contributed by atoms with Crippen LogP contribution in [0.5, 0.6) is 0 Å². The summed E-state index contributed by atoms with van der Waals surface area (Å²) in [6.45, 7) is 9.51. The zero-order valence-electron chi connectivity index (χ0n) is 10.3. The number of hydrogen-bond acceptors (Lipinski definition) is 3. The van der Waals surface area contributed by atoms with E-state index in [-0.39, 0.29) is 0 Å². The van der Waals surface area contributed by atoms with Crippen LogP contribution in [0.15, 0.2) is 0 Å². The minimum Gasteiger partial charge on any atom is -0.309 e. The summed E-state index contributed by atoms with van der Waals surface area (Å²) in [4.78, 5) is 2.66. The summed E-state index contributed by atoms with van der Waals surface area (Å²) >= 11 is 2.09. The van der Waals surface area contributed by atoms with E-state index in [4.69, 9.17) is 0 Å². The minimum atomic E-state index is 0.307. The first-order chi connectivity index (χ1) is 7.05. The second kappa shape index (κ2) is 4.27. The number of thioether (sulfide) groups is 1. The zero-order valence-corrected chi connectivity index (χ0v) is 11.1. The van der Waals surface area contributed by atoms with E-state index in [9.17, 15) is 0 Å². The van der Waals surface area contributed by atoms with Crippen LogP contribution >= 0.6 is 11.8 Å². The highest BCUT2D eigenvalue weighted by atomic mass is 32.2. The molecule has 88 valence electrons. The second-order valence-corrected chi connectivity index (χ2v) is 7.04. The molecule has 1 aliphatic carbocycles. The van der Waals surface area contributed by atoms with Gasteiger partial charge in [-0.1, -0.05) is 6.42 Å². The Hall–Kier alpha value is 0.270. The van der Waals surface area contributed by atoms with Crippen molar-refractivity contribution in [1.82, 2.24) is 10.2 Å². The van der Waals surface area contributed by atoms with E-state index < -0.39 is 0 Å². The molecule has 1 saturated heterocycles. The summed E-state index contributed by atoms with van der Waals surface area (Å²) in [6.07, 6.45) is 6.58. The molecule has 1 aliphatic heterocycles. The Labute approximate surface area is 98.2 Å². The Bertz CT molecular complexity index is 218. The lowest BCUT2D eigenvalue weighted by molar-refractivity contribution is 0.125. The fraction of sp³-hybridized carbons (Fsp3) is 1.00. The summed E-state index contributed by atoms with van der Waals surface area (Å²) in [5.74, 6) is 0. The van der Waals surface area contributed by atoms with Gasteiger partial charge in [0.05, 0.1) is 0 Å². The molecule has 3 heteroatoms. The molecule has 0 amide bonds. The van der Waals surface area contributed by atoms with Crippen molar-refractivity contribution < 1.29 is 0 Å². The van der Waals surface area contributed by atoms with Gasteiger partial charge in [0.15, 0.2) is 0 Å². The molecule has 2 fully saturated rings. The summed E-state index contributed by atoms with van der Waals surface area (Å²) in [5, 5.41) is 3.58. The highest BCUT2D eigenvalue weighted by Gasteiger charge is 2.39. The molecule has 1 N–H and O–H groups in total. The first-order valence-corrected chi connectivity index (χ1v) is 7.30. The average Bonchev–Trinajstić information content (AvgIpc) is 2.10. The average molecular weight is 228 g/mol. The monoisotopic (exact) mass is 228 g/mol. The van der Waals surface area contributed by atoms with Crippen LogP contribution in [0.25, 0.3) is 0 Å². The summed E-state index contributed by atoms with van der Waals surface area (Å²) in [7, 11) is 0. The van der Waals surface area contributed by atoms with Crippen LogP contribution in [-0.2, 0) is 0 Å². The van der Waals surface area contributed by atoms with Gasteiger partial charge in [-0.15, -0.1) is 0 Å². The number of rotatable bonds is 3. The molecule has 15 heavy (non-hydrogen) atoms. The molecule has 0 unspecified atom stereocenters. The Kier molecular flexibility index (Phi) is 3.34. The lowest BCUT2D eigenvalue weighted by atomic mass is 9.83. The number of piperazine rings is 1. The lowest BCUT2D eigenvalue weighted by Gasteiger charge is -2.47. The molecule has 2 aliphatic rings. The second-order valence-electron chi connectivity index (χ2n) is 5.76. The molecular weight excluding hydrogens is 204 g/mol. The fourth-order valence-electron chi connectivity index (χ4n) is 2.79. The van der Waals surface area contributed by atoms with Crippen LogP contribution in [0.3, 0.4) is 0 Å². The summed E-state index contributed by atoms with van der Waals surface area (Å²) < 4.78 is 0.605. The van der Waals surface area contributed by atoms with Crippen molar-refractivity contribution in [3.63, 3.8) is 0 Å². The van der Waals surface area contributed by atoms with Crippen molar-refractivity contribution in [2.45, 2.75) is 43.4 Å². The molecule has 2 nitrogen and oxygen atoms in total. The predicted molar refractivity (Wildman–Crippen MR) is 68.6 cm³/mol. The van der Waals surface area contributed by atoms with Crippen LogP contribution in [0, 0.1) is 0 Å². The molecule has 0 aromatic rings. The Morgan fingerprint density at radius 3 is 2.53 bits per heavy atom. The van der Waals surface area contributed by atoms with E-state index in [1.807, 2.05) is 0 Å². The standard InChI is InChI=1S/C12H24N2S/c1-11(2)9-14(8-7-13-11)10-12(15-3)5-4-6-12/h13H,4-10H2,1-3H3. The van der Waals surface area contributed by atoms with Gasteiger partial charge in [0.2, 0.25) is 0 Å². The molecule has 0 bridgehead atoms. The van der Waals surface area contributed by atoms with Crippen LogP contribution in [0.1, 0.15) is 33.1 Å². The van der Waals surface area contributed by atoms with Crippen LogP contribution in [-0.4, -0.2) is 47.6 Å². The van der Waals surface area contributed by atoms with Crippen molar-refractivity contribution in [3.05, 3.63) is 0 Å². The van der Waals surface area contributed by atoms with Gasteiger partial charge in [-0.25, -0.2) is 0 Å². The maximum Gasteiger partial charge on any atom is 0.0284 e. The van der Waals surface area contributed by atoms with Gasteiger partial charge in [-0.05, 0) is 32.9 Å². The SMILES string of the molecule is CSC1(CN2CCNC(C)(C)C2)CCC1. The third-order valence-electron chi connectivity index (χ3n) is 3.86. The number of nitrogens with one attached hydrogen (secondary N) is 1. The molecular formula is C12H24N2S. The molecule has 0 radical (unpaired) electrons. The van der Waals surface area contributed by atoms with Crippen molar-refractivity contribution in [1.29, 1.82) is 0 Å². The maximum absolute atomic E-state index is 3.58. The van der Waals surface area contributed by atoms with Crippen molar-refractivity contribution in [2.24, 2.45) is 0 Å². The maximum atomic E-state index is 3.58. The lowest BCUT2D eigenvalue weighted by Crippen LogP contribution is -2.60. The third kappa shape index (κ3) is 2.69. The molecule has 0 aromatic carbocycles. The van der Waals surface area contributed by atoms with Crippen molar-refractivity contribution in [2.75, 3.05) is 32.4 Å².